The Kier molecular flexibility index (Phi) is 5.31. The maximum atomic E-state index is 12.6. The van der Waals surface area contributed by atoms with E-state index in [2.05, 4.69) is 9.88 Å². The molecule has 1 saturated heterocycles. The van der Waals surface area contributed by atoms with E-state index in [0.29, 0.717) is 25.2 Å². The Labute approximate surface area is 151 Å². The lowest BCUT2D eigenvalue weighted by molar-refractivity contribution is -0.385. The molecule has 0 atom stereocenters. The molecule has 1 aliphatic heterocycles. The third-order valence-electron chi connectivity index (χ3n) is 4.44. The van der Waals surface area contributed by atoms with Crippen LogP contribution in [-0.4, -0.2) is 54.0 Å². The van der Waals surface area contributed by atoms with Gasteiger partial charge in [-0.05, 0) is 24.6 Å². The van der Waals surface area contributed by atoms with Gasteiger partial charge >= 0.3 is 5.69 Å². The number of carbonyl (C=O) groups excluding carboxylic acids is 1. The minimum absolute atomic E-state index is 0.00414. The smallest absolute Gasteiger partial charge is 0.311 e. The molecule has 1 aliphatic rings. The Morgan fingerprint density at radius 2 is 1.92 bits per heavy atom. The molecule has 0 unspecified atom stereocenters. The number of hydrogen-bond donors (Lipinski definition) is 0. The fourth-order valence-electron chi connectivity index (χ4n) is 3.07. The van der Waals surface area contributed by atoms with E-state index in [1.165, 1.54) is 13.2 Å². The summed E-state index contributed by atoms with van der Waals surface area (Å²) in [6, 6.07) is 8.29. The van der Waals surface area contributed by atoms with Crippen molar-refractivity contribution in [2.24, 2.45) is 0 Å². The molecule has 136 valence electrons. The predicted octanol–water partition coefficient (Wildman–Crippen LogP) is 2.35. The third kappa shape index (κ3) is 3.74. The first-order chi connectivity index (χ1) is 12.6. The molecule has 0 aliphatic carbocycles. The first-order valence-electron chi connectivity index (χ1n) is 8.37. The Bertz CT molecular complexity index is 797. The van der Waals surface area contributed by atoms with Crippen molar-refractivity contribution in [1.82, 2.24) is 9.88 Å². The topological polar surface area (TPSA) is 88.8 Å². The number of hydrogen-bond acceptors (Lipinski definition) is 6. The van der Waals surface area contributed by atoms with Crippen LogP contribution in [0.1, 0.15) is 16.8 Å². The van der Waals surface area contributed by atoms with Crippen LogP contribution < -0.4 is 9.64 Å². The molecule has 1 amide bonds. The lowest BCUT2D eigenvalue weighted by Gasteiger charge is -2.24. The average Bonchev–Trinajstić information content (AvgIpc) is 2.93. The van der Waals surface area contributed by atoms with Crippen molar-refractivity contribution in [2.45, 2.75) is 6.42 Å². The molecule has 1 aromatic heterocycles. The number of amides is 1. The molecule has 0 spiro atoms. The number of nitrogens with zero attached hydrogens (tertiary/aromatic N) is 4. The van der Waals surface area contributed by atoms with Gasteiger partial charge in [-0.15, -0.1) is 0 Å². The van der Waals surface area contributed by atoms with Crippen LogP contribution in [0.15, 0.2) is 42.7 Å². The highest BCUT2D eigenvalue weighted by molar-refractivity contribution is 5.94. The standard InChI is InChI=1S/C18H20N4O4/c1-26-17-13-15(3-4-16(17)22(24)25)20-9-2-10-21(12-11-20)18(23)14-5-7-19-8-6-14/h3-8,13H,2,9-12H2,1H3. The Morgan fingerprint density at radius 1 is 1.15 bits per heavy atom. The SMILES string of the molecule is COc1cc(N2CCCN(C(=O)c3ccncc3)CC2)ccc1[N+](=O)[O-]. The summed E-state index contributed by atoms with van der Waals surface area (Å²) in [6.45, 7) is 2.67. The van der Waals surface area contributed by atoms with E-state index in [4.69, 9.17) is 4.74 Å². The molecule has 8 heteroatoms. The van der Waals surface area contributed by atoms with Gasteiger partial charge in [0, 0.05) is 62.0 Å². The van der Waals surface area contributed by atoms with Crippen LogP contribution in [0, 0.1) is 10.1 Å². The maximum Gasteiger partial charge on any atom is 0.311 e. The van der Waals surface area contributed by atoms with Crippen molar-refractivity contribution in [2.75, 3.05) is 38.2 Å². The molecule has 0 saturated carbocycles. The van der Waals surface area contributed by atoms with E-state index in [-0.39, 0.29) is 17.3 Å². The van der Waals surface area contributed by atoms with Crippen LogP contribution in [-0.2, 0) is 0 Å². The van der Waals surface area contributed by atoms with Crippen molar-refractivity contribution < 1.29 is 14.5 Å². The molecule has 8 nitrogen and oxygen atoms in total. The Morgan fingerprint density at radius 3 is 2.62 bits per heavy atom. The third-order valence-corrected chi connectivity index (χ3v) is 4.44. The van der Waals surface area contributed by atoms with Crippen molar-refractivity contribution in [3.63, 3.8) is 0 Å². The van der Waals surface area contributed by atoms with Gasteiger partial charge in [0.25, 0.3) is 5.91 Å². The fourth-order valence-corrected chi connectivity index (χ4v) is 3.07. The molecule has 2 heterocycles. The Hall–Kier alpha value is -3.16. The summed E-state index contributed by atoms with van der Waals surface area (Å²) in [5, 5.41) is 11.0. The van der Waals surface area contributed by atoms with Crippen molar-refractivity contribution >= 4 is 17.3 Å². The molecule has 26 heavy (non-hydrogen) atoms. The molecule has 0 radical (unpaired) electrons. The number of anilines is 1. The fraction of sp³-hybridized carbons (Fsp3) is 0.333. The summed E-state index contributed by atoms with van der Waals surface area (Å²) in [4.78, 5) is 31.1. The van der Waals surface area contributed by atoms with Gasteiger partial charge in [-0.2, -0.15) is 0 Å². The minimum Gasteiger partial charge on any atom is -0.490 e. The van der Waals surface area contributed by atoms with Crippen LogP contribution in [0.2, 0.25) is 0 Å². The molecule has 0 N–H and O–H groups in total. The number of nitro benzene ring substituents is 1. The van der Waals surface area contributed by atoms with Gasteiger partial charge < -0.3 is 14.5 Å². The van der Waals surface area contributed by atoms with Gasteiger partial charge in [0.15, 0.2) is 5.75 Å². The summed E-state index contributed by atoms with van der Waals surface area (Å²) in [6.07, 6.45) is 4.04. The number of nitro groups is 1. The van der Waals surface area contributed by atoms with Crippen LogP contribution >= 0.6 is 0 Å². The predicted molar refractivity (Wildman–Crippen MR) is 96.6 cm³/mol. The normalized spacial score (nSPS) is 14.7. The van der Waals surface area contributed by atoms with Gasteiger partial charge in [0.2, 0.25) is 0 Å². The zero-order valence-electron chi connectivity index (χ0n) is 14.5. The lowest BCUT2D eigenvalue weighted by atomic mass is 10.2. The average molecular weight is 356 g/mol. The number of methoxy groups -OCH3 is 1. The number of ether oxygens (including phenoxy) is 1. The first kappa shape index (κ1) is 17.7. The first-order valence-corrected chi connectivity index (χ1v) is 8.37. The van der Waals surface area contributed by atoms with Gasteiger partial charge in [0.05, 0.1) is 12.0 Å². The summed E-state index contributed by atoms with van der Waals surface area (Å²) in [5.41, 5.74) is 1.43. The number of aromatic nitrogens is 1. The van der Waals surface area contributed by atoms with Gasteiger partial charge in [0.1, 0.15) is 0 Å². The van der Waals surface area contributed by atoms with Crippen LogP contribution in [0.4, 0.5) is 11.4 Å². The van der Waals surface area contributed by atoms with Crippen LogP contribution in [0.25, 0.3) is 0 Å². The lowest BCUT2D eigenvalue weighted by Crippen LogP contribution is -2.35. The van der Waals surface area contributed by atoms with Gasteiger partial charge in [-0.1, -0.05) is 0 Å². The molecular weight excluding hydrogens is 336 g/mol. The quantitative estimate of drug-likeness (QED) is 0.617. The zero-order chi connectivity index (χ0) is 18.5. The van der Waals surface area contributed by atoms with Crippen molar-refractivity contribution in [3.8, 4) is 5.75 Å². The van der Waals surface area contributed by atoms with E-state index in [9.17, 15) is 14.9 Å². The largest absolute Gasteiger partial charge is 0.490 e. The highest BCUT2D eigenvalue weighted by atomic mass is 16.6. The highest BCUT2D eigenvalue weighted by Crippen LogP contribution is 2.31. The molecule has 0 bridgehead atoms. The summed E-state index contributed by atoms with van der Waals surface area (Å²) < 4.78 is 5.15. The molecule has 2 aromatic rings. The maximum absolute atomic E-state index is 12.6. The monoisotopic (exact) mass is 356 g/mol. The Balaban J connectivity index is 1.73. The molecule has 1 fully saturated rings. The van der Waals surface area contributed by atoms with Crippen LogP contribution in [0.5, 0.6) is 5.75 Å². The van der Waals surface area contributed by atoms with E-state index in [1.54, 1.807) is 36.7 Å². The second kappa shape index (κ2) is 7.81. The summed E-state index contributed by atoms with van der Waals surface area (Å²) in [7, 11) is 1.42. The number of pyridine rings is 1. The summed E-state index contributed by atoms with van der Waals surface area (Å²) in [5.74, 6) is 0.233. The molecule has 1 aromatic carbocycles. The van der Waals surface area contributed by atoms with Crippen molar-refractivity contribution in [3.05, 3.63) is 58.4 Å². The number of carbonyl (C=O) groups is 1. The summed E-state index contributed by atoms with van der Waals surface area (Å²) >= 11 is 0. The second-order valence-electron chi connectivity index (χ2n) is 5.98. The number of benzene rings is 1. The minimum atomic E-state index is -0.458. The van der Waals surface area contributed by atoms with Crippen LogP contribution in [0.3, 0.4) is 0 Å². The second-order valence-corrected chi connectivity index (χ2v) is 5.98. The van der Waals surface area contributed by atoms with Gasteiger partial charge in [-0.3, -0.25) is 19.9 Å². The van der Waals surface area contributed by atoms with E-state index >= 15 is 0 Å². The molecular formula is C18H20N4O4. The highest BCUT2D eigenvalue weighted by Gasteiger charge is 2.22. The molecule has 3 rings (SSSR count). The van der Waals surface area contributed by atoms with E-state index < -0.39 is 4.92 Å². The van der Waals surface area contributed by atoms with E-state index in [1.807, 2.05) is 4.90 Å². The van der Waals surface area contributed by atoms with E-state index in [0.717, 1.165) is 18.7 Å². The van der Waals surface area contributed by atoms with Crippen molar-refractivity contribution in [1.29, 1.82) is 0 Å². The zero-order valence-corrected chi connectivity index (χ0v) is 14.5. The van der Waals surface area contributed by atoms with Gasteiger partial charge in [-0.25, -0.2) is 0 Å². The number of rotatable bonds is 4.